The Balaban J connectivity index is 2.82. The lowest BCUT2D eigenvalue weighted by Crippen LogP contribution is -1.93. The van der Waals surface area contributed by atoms with Gasteiger partial charge in [-0.25, -0.2) is 0 Å². The average molecular weight is 198 g/mol. The monoisotopic (exact) mass is 198 g/mol. The quantitative estimate of drug-likeness (QED) is 0.629. The van der Waals surface area contributed by atoms with Gasteiger partial charge in [-0.2, -0.15) is 0 Å². The molecule has 0 aliphatic heterocycles. The summed E-state index contributed by atoms with van der Waals surface area (Å²) < 4.78 is 0. The molecule has 0 spiro atoms. The summed E-state index contributed by atoms with van der Waals surface area (Å²) in [6.07, 6.45) is 0. The van der Waals surface area contributed by atoms with Crippen LogP contribution in [0, 0.1) is 13.8 Å². The van der Waals surface area contributed by atoms with Crippen LogP contribution in [0.4, 0.5) is 0 Å². The predicted octanol–water partition coefficient (Wildman–Crippen LogP) is 4.58. The summed E-state index contributed by atoms with van der Waals surface area (Å²) in [6.45, 7) is 8.88. The summed E-state index contributed by atoms with van der Waals surface area (Å²) >= 11 is 0. The molecule has 0 unspecified atom stereocenters. The molecule has 0 heteroatoms. The van der Waals surface area contributed by atoms with E-state index in [2.05, 4.69) is 58.0 Å². The third-order valence-corrected chi connectivity index (χ3v) is 3.01. The van der Waals surface area contributed by atoms with E-state index >= 15 is 0 Å². The second-order valence-corrected chi connectivity index (χ2v) is 4.68. The van der Waals surface area contributed by atoms with E-state index in [-0.39, 0.29) is 0 Å². The summed E-state index contributed by atoms with van der Waals surface area (Å²) in [7, 11) is 0. The standard InChI is InChI=1S/C15H18/c1-10(2)15-12(4)6-7-13-9-11(3)5-8-14(13)15/h5-10H,1-4H3. The average Bonchev–Trinajstić information content (AvgIpc) is 2.17. The second-order valence-electron chi connectivity index (χ2n) is 4.68. The number of rotatable bonds is 1. The van der Waals surface area contributed by atoms with Crippen molar-refractivity contribution in [3.8, 4) is 0 Å². The van der Waals surface area contributed by atoms with Crippen LogP contribution < -0.4 is 0 Å². The predicted molar refractivity (Wildman–Crippen MR) is 67.5 cm³/mol. The lowest BCUT2D eigenvalue weighted by atomic mass is 9.91. The van der Waals surface area contributed by atoms with Crippen molar-refractivity contribution >= 4 is 10.8 Å². The first-order valence-corrected chi connectivity index (χ1v) is 5.59. The van der Waals surface area contributed by atoms with Crippen LogP contribution in [0.15, 0.2) is 30.3 Å². The number of aryl methyl sites for hydroxylation is 2. The van der Waals surface area contributed by atoms with Crippen molar-refractivity contribution in [3.63, 3.8) is 0 Å². The SMILES string of the molecule is Cc1ccc2c(C(C)C)c(C)ccc2c1. The van der Waals surface area contributed by atoms with E-state index in [4.69, 9.17) is 0 Å². The van der Waals surface area contributed by atoms with Gasteiger partial charge < -0.3 is 0 Å². The molecule has 0 nitrogen and oxygen atoms in total. The number of benzene rings is 2. The lowest BCUT2D eigenvalue weighted by Gasteiger charge is -2.14. The first-order chi connectivity index (χ1) is 7.09. The van der Waals surface area contributed by atoms with Crippen molar-refractivity contribution in [2.75, 3.05) is 0 Å². The zero-order valence-electron chi connectivity index (χ0n) is 9.96. The molecule has 2 rings (SSSR count). The highest BCUT2D eigenvalue weighted by molar-refractivity contribution is 5.87. The second kappa shape index (κ2) is 3.69. The van der Waals surface area contributed by atoms with E-state index < -0.39 is 0 Å². The third kappa shape index (κ3) is 1.77. The maximum Gasteiger partial charge on any atom is -0.0146 e. The molecule has 0 saturated heterocycles. The maximum absolute atomic E-state index is 2.27. The van der Waals surface area contributed by atoms with Crippen molar-refractivity contribution < 1.29 is 0 Å². The fourth-order valence-electron chi connectivity index (χ4n) is 2.35. The largest absolute Gasteiger partial charge is 0.0587 e. The fourth-order valence-corrected chi connectivity index (χ4v) is 2.35. The fraction of sp³-hybridized carbons (Fsp3) is 0.333. The van der Waals surface area contributed by atoms with E-state index in [9.17, 15) is 0 Å². The van der Waals surface area contributed by atoms with Gasteiger partial charge in [-0.1, -0.05) is 49.7 Å². The Hall–Kier alpha value is -1.30. The summed E-state index contributed by atoms with van der Waals surface area (Å²) in [5, 5.41) is 2.78. The molecule has 15 heavy (non-hydrogen) atoms. The van der Waals surface area contributed by atoms with Crippen LogP contribution in [0.1, 0.15) is 36.5 Å². The minimum Gasteiger partial charge on any atom is -0.0587 e. The Kier molecular flexibility index (Phi) is 2.52. The first kappa shape index (κ1) is 10.2. The molecule has 0 heterocycles. The van der Waals surface area contributed by atoms with E-state index in [0.717, 1.165) is 0 Å². The highest BCUT2D eigenvalue weighted by Crippen LogP contribution is 2.29. The van der Waals surface area contributed by atoms with Gasteiger partial charge in [-0.3, -0.25) is 0 Å². The molecule has 78 valence electrons. The van der Waals surface area contributed by atoms with E-state index in [0.29, 0.717) is 5.92 Å². The smallest absolute Gasteiger partial charge is 0.0146 e. The number of hydrogen-bond donors (Lipinski definition) is 0. The Morgan fingerprint density at radius 2 is 1.67 bits per heavy atom. The molecular formula is C15H18. The highest BCUT2D eigenvalue weighted by Gasteiger charge is 2.07. The van der Waals surface area contributed by atoms with E-state index in [1.54, 1.807) is 0 Å². The van der Waals surface area contributed by atoms with Gasteiger partial charge in [0.1, 0.15) is 0 Å². The number of hydrogen-bond acceptors (Lipinski definition) is 0. The molecule has 0 N–H and O–H groups in total. The van der Waals surface area contributed by atoms with Crippen LogP contribution in [0.25, 0.3) is 10.8 Å². The van der Waals surface area contributed by atoms with Gasteiger partial charge in [-0.05, 0) is 41.7 Å². The molecule has 0 saturated carbocycles. The highest BCUT2D eigenvalue weighted by atomic mass is 14.1. The minimum atomic E-state index is 0.594. The van der Waals surface area contributed by atoms with Crippen LogP contribution in [0.5, 0.6) is 0 Å². The Morgan fingerprint density at radius 1 is 0.933 bits per heavy atom. The van der Waals surface area contributed by atoms with Gasteiger partial charge in [0.15, 0.2) is 0 Å². The van der Waals surface area contributed by atoms with Gasteiger partial charge in [-0.15, -0.1) is 0 Å². The Morgan fingerprint density at radius 3 is 2.33 bits per heavy atom. The van der Waals surface area contributed by atoms with Crippen LogP contribution in [-0.2, 0) is 0 Å². The zero-order chi connectivity index (χ0) is 11.0. The molecule has 0 aliphatic carbocycles. The van der Waals surface area contributed by atoms with Gasteiger partial charge in [0.05, 0.1) is 0 Å². The first-order valence-electron chi connectivity index (χ1n) is 5.59. The van der Waals surface area contributed by atoms with Crippen LogP contribution in [0.2, 0.25) is 0 Å². The van der Waals surface area contributed by atoms with Gasteiger partial charge in [0.2, 0.25) is 0 Å². The van der Waals surface area contributed by atoms with Crippen LogP contribution in [-0.4, -0.2) is 0 Å². The zero-order valence-corrected chi connectivity index (χ0v) is 9.96. The van der Waals surface area contributed by atoms with E-state index in [1.165, 1.54) is 27.5 Å². The number of fused-ring (bicyclic) bond motifs is 1. The minimum absolute atomic E-state index is 0.594. The Labute approximate surface area is 91.9 Å². The van der Waals surface area contributed by atoms with Crippen molar-refractivity contribution in [2.45, 2.75) is 33.6 Å². The third-order valence-electron chi connectivity index (χ3n) is 3.01. The molecule has 0 atom stereocenters. The molecule has 0 bridgehead atoms. The van der Waals surface area contributed by atoms with Gasteiger partial charge in [0, 0.05) is 0 Å². The molecule has 0 radical (unpaired) electrons. The van der Waals surface area contributed by atoms with Gasteiger partial charge >= 0.3 is 0 Å². The molecule has 0 aromatic heterocycles. The summed E-state index contributed by atoms with van der Waals surface area (Å²) in [5.74, 6) is 0.594. The van der Waals surface area contributed by atoms with Crippen molar-refractivity contribution in [3.05, 3.63) is 47.0 Å². The molecule has 0 fully saturated rings. The van der Waals surface area contributed by atoms with Crippen LogP contribution >= 0.6 is 0 Å². The summed E-state index contributed by atoms with van der Waals surface area (Å²) in [5.41, 5.74) is 4.23. The maximum atomic E-state index is 2.27. The molecule has 0 amide bonds. The molecular weight excluding hydrogens is 180 g/mol. The van der Waals surface area contributed by atoms with Crippen molar-refractivity contribution in [2.24, 2.45) is 0 Å². The normalized spacial score (nSPS) is 11.3. The van der Waals surface area contributed by atoms with Crippen LogP contribution in [0.3, 0.4) is 0 Å². The van der Waals surface area contributed by atoms with Gasteiger partial charge in [0.25, 0.3) is 0 Å². The summed E-state index contributed by atoms with van der Waals surface area (Å²) in [4.78, 5) is 0. The summed E-state index contributed by atoms with van der Waals surface area (Å²) in [6, 6.07) is 11.2. The molecule has 2 aromatic rings. The Bertz CT molecular complexity index is 493. The molecule has 0 aliphatic rings. The molecule has 2 aromatic carbocycles. The van der Waals surface area contributed by atoms with E-state index in [1.807, 2.05) is 0 Å². The lowest BCUT2D eigenvalue weighted by molar-refractivity contribution is 0.866. The van der Waals surface area contributed by atoms with Crippen molar-refractivity contribution in [1.29, 1.82) is 0 Å². The topological polar surface area (TPSA) is 0 Å². The van der Waals surface area contributed by atoms with Crippen molar-refractivity contribution in [1.82, 2.24) is 0 Å².